The molecule has 3 atom stereocenters. The molecule has 25 heavy (non-hydrogen) atoms. The van der Waals surface area contributed by atoms with E-state index in [-0.39, 0.29) is 6.29 Å². The first-order valence-electron chi connectivity index (χ1n) is 9.08. The number of ether oxygens (including phenoxy) is 3. The van der Waals surface area contributed by atoms with Crippen molar-refractivity contribution in [2.24, 2.45) is 5.92 Å². The minimum Gasteiger partial charge on any atom is -0.384 e. The third-order valence-electron chi connectivity index (χ3n) is 3.37. The van der Waals surface area contributed by atoms with Gasteiger partial charge in [0.25, 0.3) is 0 Å². The van der Waals surface area contributed by atoms with Gasteiger partial charge in [0.15, 0.2) is 12.1 Å². The van der Waals surface area contributed by atoms with Crippen molar-refractivity contribution in [3.8, 4) is 0 Å². The van der Waals surface area contributed by atoms with Crippen molar-refractivity contribution in [1.29, 1.82) is 0 Å². The van der Waals surface area contributed by atoms with Crippen molar-refractivity contribution in [2.45, 2.75) is 72.2 Å². The predicted octanol–water partition coefficient (Wildman–Crippen LogP) is 3.72. The molecule has 1 aliphatic rings. The highest BCUT2D eigenvalue weighted by atomic mass is 16.7. The molecule has 1 aromatic rings. The molecule has 2 N–H and O–H groups in total. The molecule has 2 rings (SSSR count). The van der Waals surface area contributed by atoms with Crippen LogP contribution in [-0.2, 0) is 20.8 Å². The molecule has 0 radical (unpaired) electrons. The second-order valence-corrected chi connectivity index (χ2v) is 6.28. The fraction of sp³-hybridized carbons (Fsp3) is 0.700. The van der Waals surface area contributed by atoms with Gasteiger partial charge in [-0.3, -0.25) is 0 Å². The zero-order chi connectivity index (χ0) is 19.3. The molecule has 146 valence electrons. The normalized spacial score (nSPS) is 22.5. The molecule has 1 saturated heterocycles. The molecule has 0 aliphatic carbocycles. The Bertz CT molecular complexity index is 410. The van der Waals surface area contributed by atoms with Crippen LogP contribution in [0.2, 0.25) is 0 Å². The number of rotatable bonds is 6. The highest BCUT2D eigenvalue weighted by molar-refractivity contribution is 5.13. The van der Waals surface area contributed by atoms with E-state index in [2.05, 4.69) is 19.1 Å². The number of aliphatic hydroxyl groups is 2. The summed E-state index contributed by atoms with van der Waals surface area (Å²) in [6.45, 7) is 10.0. The molecular weight excluding hydrogens is 320 g/mol. The molecule has 3 unspecified atom stereocenters. The monoisotopic (exact) mass is 356 g/mol. The maximum Gasteiger partial charge on any atom is 0.163 e. The second-order valence-electron chi connectivity index (χ2n) is 6.28. The Labute approximate surface area is 152 Å². The highest BCUT2D eigenvalue weighted by Crippen LogP contribution is 2.29. The lowest BCUT2D eigenvalue weighted by molar-refractivity contribution is -0.162. The average Bonchev–Trinajstić information content (AvgIpc) is 2.97. The maximum absolute atomic E-state index is 8.08. The summed E-state index contributed by atoms with van der Waals surface area (Å²) < 4.78 is 17.0. The largest absolute Gasteiger partial charge is 0.384 e. The van der Waals surface area contributed by atoms with Crippen molar-refractivity contribution in [2.75, 3.05) is 13.7 Å². The Hall–Kier alpha value is -0.980. The van der Waals surface area contributed by atoms with Gasteiger partial charge in [-0.05, 0) is 32.3 Å². The molecule has 0 amide bonds. The van der Waals surface area contributed by atoms with Crippen molar-refractivity contribution in [3.05, 3.63) is 35.9 Å². The third kappa shape index (κ3) is 12.1. The SMILES string of the molecule is CC.CC(C)(O)O.CCC1CC(COC)C(OCc2ccccc2)O1. The number of methoxy groups -OCH3 is 1. The van der Waals surface area contributed by atoms with Crippen LogP contribution < -0.4 is 0 Å². The number of benzene rings is 1. The summed E-state index contributed by atoms with van der Waals surface area (Å²) in [5, 5.41) is 16.2. The zero-order valence-corrected chi connectivity index (χ0v) is 16.6. The molecule has 5 heteroatoms. The van der Waals surface area contributed by atoms with Crippen LogP contribution in [0.25, 0.3) is 0 Å². The Morgan fingerprint density at radius 1 is 1.16 bits per heavy atom. The summed E-state index contributed by atoms with van der Waals surface area (Å²) in [7, 11) is 1.73. The van der Waals surface area contributed by atoms with Crippen LogP contribution in [0.5, 0.6) is 0 Å². The van der Waals surface area contributed by atoms with Crippen LogP contribution in [0, 0.1) is 5.92 Å². The predicted molar refractivity (Wildman–Crippen MR) is 100 cm³/mol. The van der Waals surface area contributed by atoms with E-state index in [9.17, 15) is 0 Å². The standard InChI is InChI=1S/C15H22O3.C3H8O2.C2H6/c1-3-14-9-13(11-16-2)15(18-14)17-10-12-7-5-4-6-8-12;1-3(2,4)5;1-2/h4-8,13-15H,3,9-11H2,1-2H3;4-5H,1-2H3;1-2H3. The number of hydrogen-bond acceptors (Lipinski definition) is 5. The van der Waals surface area contributed by atoms with Crippen LogP contribution in [0.3, 0.4) is 0 Å². The summed E-state index contributed by atoms with van der Waals surface area (Å²) in [6.07, 6.45) is 2.25. The Morgan fingerprint density at radius 2 is 1.72 bits per heavy atom. The van der Waals surface area contributed by atoms with E-state index in [4.69, 9.17) is 24.4 Å². The van der Waals surface area contributed by atoms with Crippen LogP contribution in [0.4, 0.5) is 0 Å². The van der Waals surface area contributed by atoms with Gasteiger partial charge in [-0.2, -0.15) is 0 Å². The van der Waals surface area contributed by atoms with Crippen LogP contribution >= 0.6 is 0 Å². The molecule has 5 nitrogen and oxygen atoms in total. The second kappa shape index (κ2) is 13.3. The first kappa shape index (κ1) is 24.0. The number of hydrogen-bond donors (Lipinski definition) is 2. The van der Waals surface area contributed by atoms with Crippen molar-refractivity contribution in [3.63, 3.8) is 0 Å². The lowest BCUT2D eigenvalue weighted by Crippen LogP contribution is -2.23. The maximum atomic E-state index is 8.08. The van der Waals surface area contributed by atoms with Gasteiger partial charge in [-0.1, -0.05) is 51.1 Å². The fourth-order valence-electron chi connectivity index (χ4n) is 2.36. The Balaban J connectivity index is 0.000000710. The van der Waals surface area contributed by atoms with E-state index in [1.165, 1.54) is 19.4 Å². The summed E-state index contributed by atoms with van der Waals surface area (Å²) in [5.74, 6) is -1.15. The molecule has 0 spiro atoms. The van der Waals surface area contributed by atoms with E-state index in [1.54, 1.807) is 7.11 Å². The van der Waals surface area contributed by atoms with E-state index >= 15 is 0 Å². The van der Waals surface area contributed by atoms with Gasteiger partial charge < -0.3 is 24.4 Å². The minimum absolute atomic E-state index is 0.130. The molecule has 1 aromatic carbocycles. The smallest absolute Gasteiger partial charge is 0.163 e. The van der Waals surface area contributed by atoms with Crippen molar-refractivity contribution < 1.29 is 24.4 Å². The van der Waals surface area contributed by atoms with Crippen LogP contribution in [-0.4, -0.2) is 42.1 Å². The van der Waals surface area contributed by atoms with E-state index in [0.717, 1.165) is 12.8 Å². The topological polar surface area (TPSA) is 68.2 Å². The van der Waals surface area contributed by atoms with E-state index < -0.39 is 5.79 Å². The lowest BCUT2D eigenvalue weighted by Gasteiger charge is -2.18. The quantitative estimate of drug-likeness (QED) is 0.760. The molecule has 1 aliphatic heterocycles. The van der Waals surface area contributed by atoms with Gasteiger partial charge in [0.1, 0.15) is 0 Å². The average molecular weight is 357 g/mol. The Morgan fingerprint density at radius 3 is 2.20 bits per heavy atom. The molecule has 0 bridgehead atoms. The first-order chi connectivity index (χ1) is 11.8. The molecule has 1 fully saturated rings. The summed E-state index contributed by atoms with van der Waals surface area (Å²) in [5.41, 5.74) is 1.18. The lowest BCUT2D eigenvalue weighted by atomic mass is 10.0. The summed E-state index contributed by atoms with van der Waals surface area (Å²) in [4.78, 5) is 0. The van der Waals surface area contributed by atoms with Gasteiger partial charge in [-0.15, -0.1) is 0 Å². The van der Waals surface area contributed by atoms with Gasteiger partial charge in [0.2, 0.25) is 0 Å². The fourth-order valence-corrected chi connectivity index (χ4v) is 2.36. The molecule has 0 saturated carbocycles. The first-order valence-corrected chi connectivity index (χ1v) is 9.08. The van der Waals surface area contributed by atoms with Crippen molar-refractivity contribution >= 4 is 0 Å². The van der Waals surface area contributed by atoms with E-state index in [1.807, 2.05) is 32.0 Å². The third-order valence-corrected chi connectivity index (χ3v) is 3.37. The van der Waals surface area contributed by atoms with Gasteiger partial charge >= 0.3 is 0 Å². The van der Waals surface area contributed by atoms with Gasteiger partial charge in [-0.25, -0.2) is 0 Å². The van der Waals surface area contributed by atoms with Crippen molar-refractivity contribution in [1.82, 2.24) is 0 Å². The van der Waals surface area contributed by atoms with E-state index in [0.29, 0.717) is 25.2 Å². The van der Waals surface area contributed by atoms with Crippen LogP contribution in [0.1, 0.15) is 53.0 Å². The molecule has 0 aromatic heterocycles. The Kier molecular flexibility index (Phi) is 12.7. The van der Waals surface area contributed by atoms with Crippen LogP contribution in [0.15, 0.2) is 30.3 Å². The zero-order valence-electron chi connectivity index (χ0n) is 16.6. The highest BCUT2D eigenvalue weighted by Gasteiger charge is 2.34. The molecular formula is C20H36O5. The van der Waals surface area contributed by atoms with Gasteiger partial charge in [0, 0.05) is 13.0 Å². The summed E-state index contributed by atoms with van der Waals surface area (Å²) >= 11 is 0. The molecule has 1 heterocycles. The van der Waals surface area contributed by atoms with Gasteiger partial charge in [0.05, 0.1) is 19.3 Å². The summed E-state index contributed by atoms with van der Waals surface area (Å²) in [6, 6.07) is 10.2. The minimum atomic E-state index is -1.50.